The maximum absolute atomic E-state index is 13.2. The summed E-state index contributed by atoms with van der Waals surface area (Å²) in [5.74, 6) is -0.269. The number of benzene rings is 2. The maximum atomic E-state index is 13.2. The van der Waals surface area contributed by atoms with E-state index in [9.17, 15) is 14.4 Å². The lowest BCUT2D eigenvalue weighted by molar-refractivity contribution is -0.120. The molecule has 8 nitrogen and oxygen atoms in total. The van der Waals surface area contributed by atoms with Crippen molar-refractivity contribution >= 4 is 29.3 Å². The zero-order valence-corrected chi connectivity index (χ0v) is 19.6. The lowest BCUT2D eigenvalue weighted by Crippen LogP contribution is -2.50. The Morgan fingerprint density at radius 1 is 0.853 bits per heavy atom. The molecule has 8 heteroatoms. The van der Waals surface area contributed by atoms with Crippen molar-refractivity contribution in [1.29, 1.82) is 0 Å². The number of hydrogen-bond donors (Lipinski definition) is 1. The molecule has 2 aromatic carbocycles. The molecule has 0 aromatic heterocycles. The van der Waals surface area contributed by atoms with Crippen molar-refractivity contribution in [3.8, 4) is 0 Å². The van der Waals surface area contributed by atoms with Gasteiger partial charge in [0.05, 0.1) is 17.9 Å². The molecule has 34 heavy (non-hydrogen) atoms. The first kappa shape index (κ1) is 23.6. The Kier molecular flexibility index (Phi) is 7.67. The van der Waals surface area contributed by atoms with Crippen LogP contribution < -0.4 is 10.2 Å². The molecule has 4 rings (SSSR count). The van der Waals surface area contributed by atoms with Crippen molar-refractivity contribution in [1.82, 2.24) is 9.80 Å². The molecule has 0 unspecified atom stereocenters. The number of piperidine rings is 1. The van der Waals surface area contributed by atoms with E-state index in [4.69, 9.17) is 4.74 Å². The number of ether oxygens (including phenoxy) is 1. The van der Waals surface area contributed by atoms with E-state index in [2.05, 4.69) is 22.3 Å². The summed E-state index contributed by atoms with van der Waals surface area (Å²) in [6.45, 7) is 5.47. The predicted molar refractivity (Wildman–Crippen MR) is 131 cm³/mol. The van der Waals surface area contributed by atoms with Gasteiger partial charge in [0, 0.05) is 50.9 Å². The topological polar surface area (TPSA) is 82.2 Å². The van der Waals surface area contributed by atoms with Crippen LogP contribution in [-0.4, -0.2) is 73.6 Å². The molecule has 2 saturated heterocycles. The Morgan fingerprint density at radius 2 is 1.47 bits per heavy atom. The Hall–Kier alpha value is -3.55. The minimum absolute atomic E-state index is 0.0416. The molecule has 2 aromatic rings. The van der Waals surface area contributed by atoms with Crippen LogP contribution in [0.2, 0.25) is 0 Å². The second kappa shape index (κ2) is 11.0. The molecule has 2 aliphatic rings. The van der Waals surface area contributed by atoms with Gasteiger partial charge in [-0.15, -0.1) is 0 Å². The van der Waals surface area contributed by atoms with Gasteiger partial charge in [-0.2, -0.15) is 0 Å². The summed E-state index contributed by atoms with van der Waals surface area (Å²) < 4.78 is 5.05. The molecular weight excluding hydrogens is 432 g/mol. The third kappa shape index (κ3) is 5.50. The zero-order valence-electron chi connectivity index (χ0n) is 19.6. The average Bonchev–Trinajstić information content (AvgIpc) is 2.89. The van der Waals surface area contributed by atoms with E-state index in [0.717, 1.165) is 25.9 Å². The van der Waals surface area contributed by atoms with Gasteiger partial charge in [0.15, 0.2) is 0 Å². The molecule has 0 saturated carbocycles. The van der Waals surface area contributed by atoms with E-state index < -0.39 is 0 Å². The third-order valence-electron chi connectivity index (χ3n) is 6.50. The quantitative estimate of drug-likeness (QED) is 0.733. The number of anilines is 2. The molecule has 2 heterocycles. The van der Waals surface area contributed by atoms with Crippen LogP contribution in [0, 0.1) is 5.92 Å². The Labute approximate surface area is 200 Å². The van der Waals surface area contributed by atoms with Crippen LogP contribution >= 0.6 is 0 Å². The van der Waals surface area contributed by atoms with E-state index >= 15 is 0 Å². The summed E-state index contributed by atoms with van der Waals surface area (Å²) in [6, 6.07) is 17.4. The highest BCUT2D eigenvalue weighted by Gasteiger charge is 2.29. The van der Waals surface area contributed by atoms with Crippen LogP contribution in [0.15, 0.2) is 54.6 Å². The van der Waals surface area contributed by atoms with Crippen molar-refractivity contribution in [2.45, 2.75) is 19.8 Å². The van der Waals surface area contributed by atoms with Crippen LogP contribution in [0.4, 0.5) is 16.2 Å². The largest absolute Gasteiger partial charge is 0.450 e. The summed E-state index contributed by atoms with van der Waals surface area (Å²) in [6.07, 6.45) is 1.19. The van der Waals surface area contributed by atoms with Gasteiger partial charge in [0.25, 0.3) is 5.91 Å². The minimum atomic E-state index is -0.347. The second-order valence-corrected chi connectivity index (χ2v) is 8.61. The number of piperazine rings is 1. The minimum Gasteiger partial charge on any atom is -0.450 e. The van der Waals surface area contributed by atoms with Gasteiger partial charge in [0.2, 0.25) is 5.91 Å². The summed E-state index contributed by atoms with van der Waals surface area (Å²) in [4.78, 5) is 43.8. The monoisotopic (exact) mass is 464 g/mol. The molecule has 0 bridgehead atoms. The van der Waals surface area contributed by atoms with Gasteiger partial charge in [-0.1, -0.05) is 30.3 Å². The molecule has 2 fully saturated rings. The van der Waals surface area contributed by atoms with Gasteiger partial charge in [-0.05, 0) is 44.0 Å². The van der Waals surface area contributed by atoms with Crippen LogP contribution in [-0.2, 0) is 9.53 Å². The number of para-hydroxylation sites is 2. The van der Waals surface area contributed by atoms with Gasteiger partial charge in [0.1, 0.15) is 0 Å². The molecule has 0 radical (unpaired) electrons. The fraction of sp³-hybridized carbons (Fsp3) is 0.423. The highest BCUT2D eigenvalue weighted by atomic mass is 16.6. The normalized spacial score (nSPS) is 16.8. The van der Waals surface area contributed by atoms with Gasteiger partial charge in [-0.3, -0.25) is 9.59 Å². The van der Waals surface area contributed by atoms with Gasteiger partial charge >= 0.3 is 6.09 Å². The second-order valence-electron chi connectivity index (χ2n) is 8.61. The maximum Gasteiger partial charge on any atom is 0.409 e. The van der Waals surface area contributed by atoms with E-state index in [1.165, 1.54) is 5.69 Å². The molecule has 0 atom stereocenters. The highest BCUT2D eigenvalue weighted by Crippen LogP contribution is 2.25. The molecule has 0 spiro atoms. The molecule has 1 N–H and O–H groups in total. The number of nitrogens with one attached hydrogen (secondary N) is 1. The predicted octanol–water partition coefficient (Wildman–Crippen LogP) is 3.46. The van der Waals surface area contributed by atoms with Crippen molar-refractivity contribution < 1.29 is 19.1 Å². The number of hydrogen-bond acceptors (Lipinski definition) is 5. The van der Waals surface area contributed by atoms with E-state index in [0.29, 0.717) is 44.0 Å². The van der Waals surface area contributed by atoms with Gasteiger partial charge in [-0.25, -0.2) is 4.79 Å². The van der Waals surface area contributed by atoms with Crippen molar-refractivity contribution in [3.63, 3.8) is 0 Å². The molecule has 180 valence electrons. The summed E-state index contributed by atoms with van der Waals surface area (Å²) in [5, 5.41) is 3.01. The van der Waals surface area contributed by atoms with Crippen molar-refractivity contribution in [3.05, 3.63) is 60.2 Å². The Bertz CT molecular complexity index is 997. The SMILES string of the molecule is CCOC(=O)N1CCN(C(=O)c2ccccc2NC(=O)C2CCN(c3ccccc3)CC2)CC1. The summed E-state index contributed by atoms with van der Waals surface area (Å²) in [7, 11) is 0. The standard InChI is InChI=1S/C26H32N4O4/c1-2-34-26(33)30-18-16-29(17-19-30)25(32)22-10-6-7-11-23(22)27-24(31)20-12-14-28(15-13-20)21-8-4-3-5-9-21/h3-11,20H,2,12-19H2,1H3,(H,27,31). The number of amides is 3. The fourth-order valence-electron chi connectivity index (χ4n) is 4.53. The van der Waals surface area contributed by atoms with Crippen molar-refractivity contribution in [2.24, 2.45) is 5.92 Å². The van der Waals surface area contributed by atoms with E-state index in [-0.39, 0.29) is 23.8 Å². The summed E-state index contributed by atoms with van der Waals surface area (Å²) >= 11 is 0. The lowest BCUT2D eigenvalue weighted by Gasteiger charge is -2.34. The first-order chi connectivity index (χ1) is 16.6. The van der Waals surface area contributed by atoms with Gasteiger partial charge < -0.3 is 24.8 Å². The Morgan fingerprint density at radius 3 is 2.15 bits per heavy atom. The van der Waals surface area contributed by atoms with Crippen LogP contribution in [0.1, 0.15) is 30.1 Å². The third-order valence-corrected chi connectivity index (χ3v) is 6.50. The fourth-order valence-corrected chi connectivity index (χ4v) is 4.53. The highest BCUT2D eigenvalue weighted by molar-refractivity contribution is 6.04. The molecule has 2 aliphatic heterocycles. The lowest BCUT2D eigenvalue weighted by atomic mass is 9.95. The van der Waals surface area contributed by atoms with Crippen LogP contribution in [0.3, 0.4) is 0 Å². The zero-order chi connectivity index (χ0) is 23.9. The summed E-state index contributed by atoms with van der Waals surface area (Å²) in [5.41, 5.74) is 2.19. The van der Waals surface area contributed by atoms with E-state index in [1.54, 1.807) is 34.9 Å². The number of carbonyl (C=O) groups is 3. The first-order valence-corrected chi connectivity index (χ1v) is 12.0. The van der Waals surface area contributed by atoms with E-state index in [1.807, 2.05) is 24.3 Å². The first-order valence-electron chi connectivity index (χ1n) is 12.0. The Balaban J connectivity index is 1.34. The molecule has 3 amide bonds. The molecule has 0 aliphatic carbocycles. The average molecular weight is 465 g/mol. The number of nitrogens with zero attached hydrogens (tertiary/aromatic N) is 3. The number of rotatable bonds is 5. The number of carbonyl (C=O) groups excluding carboxylic acids is 3. The smallest absolute Gasteiger partial charge is 0.409 e. The van der Waals surface area contributed by atoms with Crippen LogP contribution in [0.25, 0.3) is 0 Å². The van der Waals surface area contributed by atoms with Crippen LogP contribution in [0.5, 0.6) is 0 Å². The molecular formula is C26H32N4O4. The van der Waals surface area contributed by atoms with Crippen molar-refractivity contribution in [2.75, 3.05) is 56.1 Å².